The molecule has 0 aromatic heterocycles. The molecule has 0 amide bonds. The third-order valence-electron chi connectivity index (χ3n) is 16.0. The SMILES string of the molecule is CC(C)c1cc(N(c2ccc(-c3ccc([Si](C)(C)C)cc3)cc2)c2ccc([Si](C)(C)C)cc2)c2ccc3c(C(C)C)cc(N(c4ccc(-c5ccc([Si-](C)(C)C)cc5)cc4)c4ccc([Si](C)(C)C)cc4)c4ccc1c2c34. The maximum atomic E-state index is 2.54. The molecule has 387 valence electrons. The van der Waals surface area contributed by atoms with E-state index >= 15 is 0 Å². The minimum atomic E-state index is -1.56. The van der Waals surface area contributed by atoms with Crippen molar-refractivity contribution in [3.8, 4) is 22.3 Å². The van der Waals surface area contributed by atoms with Crippen LogP contribution in [0.3, 0.4) is 0 Å². The molecule has 0 radical (unpaired) electrons. The summed E-state index contributed by atoms with van der Waals surface area (Å²) in [6, 6.07) is 71.2. The fourth-order valence-corrected chi connectivity index (χ4v) is 16.0. The molecular formula is C70H80N2Si4-. The van der Waals surface area contributed by atoms with Crippen molar-refractivity contribution in [1.82, 2.24) is 0 Å². The molecule has 0 heterocycles. The van der Waals surface area contributed by atoms with Crippen molar-refractivity contribution >= 4 is 119 Å². The number of benzene rings is 10. The second-order valence-corrected chi connectivity index (χ2v) is 46.7. The van der Waals surface area contributed by atoms with Gasteiger partial charge in [-0.1, -0.05) is 224 Å². The summed E-state index contributed by atoms with van der Waals surface area (Å²) in [5, 5.41) is 13.8. The second kappa shape index (κ2) is 19.9. The van der Waals surface area contributed by atoms with E-state index in [0.29, 0.717) is 0 Å². The van der Waals surface area contributed by atoms with Crippen LogP contribution in [0.5, 0.6) is 0 Å². The van der Waals surface area contributed by atoms with Gasteiger partial charge in [0.15, 0.2) is 0 Å². The predicted molar refractivity (Wildman–Crippen MR) is 350 cm³/mol. The van der Waals surface area contributed by atoms with E-state index in [-0.39, 0.29) is 11.8 Å². The lowest BCUT2D eigenvalue weighted by Gasteiger charge is -2.32. The lowest BCUT2D eigenvalue weighted by atomic mass is 9.84. The molecule has 76 heavy (non-hydrogen) atoms. The molecule has 0 atom stereocenters. The third kappa shape index (κ3) is 10.2. The first-order valence-electron chi connectivity index (χ1n) is 27.9. The van der Waals surface area contributed by atoms with Crippen molar-refractivity contribution in [2.75, 3.05) is 9.80 Å². The lowest BCUT2D eigenvalue weighted by Crippen LogP contribution is -2.37. The Bertz CT molecular complexity index is 3430. The molecule has 0 aliphatic carbocycles. The Morgan fingerprint density at radius 3 is 0.842 bits per heavy atom. The van der Waals surface area contributed by atoms with Crippen LogP contribution in [0.2, 0.25) is 78.6 Å². The highest BCUT2D eigenvalue weighted by atomic mass is 28.3. The van der Waals surface area contributed by atoms with Crippen LogP contribution in [0.4, 0.5) is 34.1 Å². The van der Waals surface area contributed by atoms with Crippen LogP contribution in [0.25, 0.3) is 54.6 Å². The average molecular weight is 1060 g/mol. The van der Waals surface area contributed by atoms with Crippen LogP contribution in [-0.2, 0) is 0 Å². The van der Waals surface area contributed by atoms with Crippen LogP contribution in [0.15, 0.2) is 182 Å². The summed E-state index contributed by atoms with van der Waals surface area (Å²) >= 11 is 0. The maximum Gasteiger partial charge on any atom is 0.0775 e. The largest absolute Gasteiger partial charge is 0.310 e. The zero-order valence-electron chi connectivity index (χ0n) is 48.4. The van der Waals surface area contributed by atoms with E-state index in [4.69, 9.17) is 0 Å². The monoisotopic (exact) mass is 1060 g/mol. The number of anilines is 6. The zero-order chi connectivity index (χ0) is 54.2. The molecular weight excluding hydrogens is 981 g/mol. The highest BCUT2D eigenvalue weighted by Crippen LogP contribution is 2.51. The Morgan fingerprint density at radius 2 is 0.566 bits per heavy atom. The summed E-state index contributed by atoms with van der Waals surface area (Å²) < 4.78 is 0. The van der Waals surface area contributed by atoms with Gasteiger partial charge in [0.2, 0.25) is 0 Å². The molecule has 6 heteroatoms. The smallest absolute Gasteiger partial charge is 0.0775 e. The van der Waals surface area contributed by atoms with Crippen molar-refractivity contribution in [1.29, 1.82) is 0 Å². The van der Waals surface area contributed by atoms with Gasteiger partial charge in [-0.2, -0.15) is 24.8 Å². The van der Waals surface area contributed by atoms with Gasteiger partial charge in [-0.25, -0.2) is 0 Å². The number of hydrogen-bond acceptors (Lipinski definition) is 2. The Labute approximate surface area is 459 Å². The van der Waals surface area contributed by atoms with Crippen molar-refractivity contribution < 1.29 is 0 Å². The Balaban J connectivity index is 1.21. The molecule has 10 rings (SSSR count). The first-order chi connectivity index (χ1) is 35.9. The molecule has 0 aliphatic heterocycles. The normalized spacial score (nSPS) is 12.7. The summed E-state index contributed by atoms with van der Waals surface area (Å²) in [4.78, 5) is 5.08. The fraction of sp³-hybridized carbons (Fsp3) is 0.257. The number of nitrogens with zero attached hydrogens (tertiary/aromatic N) is 2. The van der Waals surface area contributed by atoms with Gasteiger partial charge in [-0.15, -0.1) is 8.07 Å². The van der Waals surface area contributed by atoms with E-state index in [0.717, 1.165) is 11.4 Å². The molecule has 0 N–H and O–H groups in total. The van der Waals surface area contributed by atoms with Gasteiger partial charge in [0.05, 0.1) is 35.6 Å². The fourth-order valence-electron chi connectivity index (χ4n) is 11.3. The minimum Gasteiger partial charge on any atom is -0.310 e. The number of hydrogen-bond donors (Lipinski definition) is 0. The van der Waals surface area contributed by atoms with E-state index in [1.165, 1.54) is 109 Å². The van der Waals surface area contributed by atoms with Gasteiger partial charge in [-0.05, 0) is 127 Å². The van der Waals surface area contributed by atoms with Gasteiger partial charge in [0.1, 0.15) is 0 Å². The van der Waals surface area contributed by atoms with Crippen LogP contribution < -0.4 is 30.5 Å². The molecule has 10 aromatic carbocycles. The van der Waals surface area contributed by atoms with Crippen LogP contribution >= 0.6 is 0 Å². The lowest BCUT2D eigenvalue weighted by molar-refractivity contribution is 0.875. The van der Waals surface area contributed by atoms with Crippen molar-refractivity contribution in [3.63, 3.8) is 0 Å². The molecule has 0 bridgehead atoms. The molecule has 0 unspecified atom stereocenters. The molecule has 0 saturated heterocycles. The van der Waals surface area contributed by atoms with Crippen LogP contribution in [0, 0.1) is 0 Å². The van der Waals surface area contributed by atoms with Gasteiger partial charge in [-0.3, -0.25) is 0 Å². The highest BCUT2D eigenvalue weighted by Gasteiger charge is 2.28. The summed E-state index contributed by atoms with van der Waals surface area (Å²) in [6.07, 6.45) is 0. The van der Waals surface area contributed by atoms with E-state index in [1.54, 1.807) is 0 Å². The summed E-state index contributed by atoms with van der Waals surface area (Å²) in [5.41, 5.74) is 14.8. The van der Waals surface area contributed by atoms with Crippen molar-refractivity contribution in [3.05, 3.63) is 193 Å². The molecule has 0 fully saturated rings. The average Bonchev–Trinajstić information content (AvgIpc) is 3.39. The van der Waals surface area contributed by atoms with Gasteiger partial charge in [0, 0.05) is 33.5 Å². The van der Waals surface area contributed by atoms with E-state index in [2.05, 4.69) is 298 Å². The maximum absolute atomic E-state index is 2.54. The molecule has 2 nitrogen and oxygen atoms in total. The quantitative estimate of drug-likeness (QED) is 0.0791. The van der Waals surface area contributed by atoms with Crippen molar-refractivity contribution in [2.24, 2.45) is 0 Å². The Kier molecular flexibility index (Phi) is 13.9. The first-order valence-corrected chi connectivity index (χ1v) is 41.9. The van der Waals surface area contributed by atoms with Crippen molar-refractivity contribution in [2.45, 2.75) is 118 Å². The highest BCUT2D eigenvalue weighted by molar-refractivity contribution is 6.90. The molecule has 0 saturated carbocycles. The zero-order valence-corrected chi connectivity index (χ0v) is 52.4. The van der Waals surface area contributed by atoms with Gasteiger partial charge < -0.3 is 9.80 Å². The first kappa shape index (κ1) is 53.1. The minimum absolute atomic E-state index is 0.289. The predicted octanol–water partition coefficient (Wildman–Crippen LogP) is 19.3. The molecule has 10 aromatic rings. The summed E-state index contributed by atoms with van der Waals surface area (Å²) in [7, 11) is -5.94. The topological polar surface area (TPSA) is 6.48 Å². The van der Waals surface area contributed by atoms with Crippen LogP contribution in [-0.4, -0.2) is 32.3 Å². The Hall–Kier alpha value is -6.29. The summed E-state index contributed by atoms with van der Waals surface area (Å²) in [6.45, 7) is 38.6. The second-order valence-electron chi connectivity index (χ2n) is 26.4. The molecule has 0 spiro atoms. The number of rotatable bonds is 14. The van der Waals surface area contributed by atoms with E-state index < -0.39 is 32.3 Å². The Morgan fingerprint density at radius 1 is 0.316 bits per heavy atom. The van der Waals surface area contributed by atoms with Crippen LogP contribution in [0.1, 0.15) is 50.7 Å². The molecule has 0 aliphatic rings. The van der Waals surface area contributed by atoms with Gasteiger partial charge >= 0.3 is 0 Å². The van der Waals surface area contributed by atoms with E-state index in [1.807, 2.05) is 0 Å². The standard InChI is InChI=1S/C70H80N2Si4/c1-47(2)65-45-67(71(55-29-37-59(38-30-55)75(11,12)13)53-25-17-49(18-26-53)51-21-33-57(34-22-51)73(5,6)7)63-44-42-62-66(48(3)4)46-68(64-43-41-61(65)69(63)70(62)64)72(56-31-39-60(40-32-56)76(14,15)16)54-27-19-50(20-28-54)52-23-35-58(36-24-52)74(8,9)10/h17-48H,1-16H3/q-1. The third-order valence-corrected chi connectivity index (χ3v) is 24.3. The summed E-state index contributed by atoms with van der Waals surface area (Å²) in [5.74, 6) is 0.577. The van der Waals surface area contributed by atoms with E-state index in [9.17, 15) is 0 Å². The van der Waals surface area contributed by atoms with Gasteiger partial charge in [0.25, 0.3) is 0 Å².